The number of nitrogens with zero attached hydrogens (tertiary/aromatic N) is 4. The minimum atomic E-state index is -1.09. The Morgan fingerprint density at radius 3 is 3.00 bits per heavy atom. The fourth-order valence-electron chi connectivity index (χ4n) is 3.15. The minimum Gasteiger partial charge on any atom is -0.351 e. The monoisotopic (exact) mass is 339 g/mol. The summed E-state index contributed by atoms with van der Waals surface area (Å²) >= 11 is 0. The van der Waals surface area contributed by atoms with E-state index >= 15 is 0 Å². The summed E-state index contributed by atoms with van der Waals surface area (Å²) in [6, 6.07) is 1.48. The average Bonchev–Trinajstić information content (AvgIpc) is 3.02. The lowest BCUT2D eigenvalue weighted by Gasteiger charge is -2.10. The summed E-state index contributed by atoms with van der Waals surface area (Å²) in [5.74, 6) is 0.0716. The number of hydrogen-bond acceptors (Lipinski definition) is 4. The zero-order chi connectivity index (χ0) is 17.0. The van der Waals surface area contributed by atoms with Crippen LogP contribution in [0.5, 0.6) is 0 Å². The molecule has 25 heavy (non-hydrogen) atoms. The van der Waals surface area contributed by atoms with Gasteiger partial charge in [-0.1, -0.05) is 6.08 Å². The van der Waals surface area contributed by atoms with Crippen LogP contribution in [0.15, 0.2) is 36.9 Å². The van der Waals surface area contributed by atoms with E-state index in [9.17, 15) is 8.78 Å². The van der Waals surface area contributed by atoms with Crippen molar-refractivity contribution in [3.8, 4) is 0 Å². The number of alkyl halides is 1. The number of fused-ring (bicyclic) bond motifs is 2. The SMILES string of the molecule is Fc1cc(C2=CCc3nc(NCC4(F)CC4)ncc32)cn2ccnc12. The van der Waals surface area contributed by atoms with Crippen LogP contribution in [-0.2, 0) is 6.42 Å². The molecule has 3 aromatic rings. The minimum absolute atomic E-state index is 0.245. The highest BCUT2D eigenvalue weighted by Gasteiger charge is 2.43. The van der Waals surface area contributed by atoms with Gasteiger partial charge >= 0.3 is 0 Å². The molecule has 5 nitrogen and oxygen atoms in total. The molecule has 0 aliphatic heterocycles. The molecule has 1 N–H and O–H groups in total. The van der Waals surface area contributed by atoms with Gasteiger partial charge in [-0.15, -0.1) is 0 Å². The number of aromatic nitrogens is 4. The van der Waals surface area contributed by atoms with Crippen LogP contribution >= 0.6 is 0 Å². The van der Waals surface area contributed by atoms with Crippen LogP contribution in [0.3, 0.4) is 0 Å². The third-order valence-electron chi connectivity index (χ3n) is 4.77. The first kappa shape index (κ1) is 14.5. The van der Waals surface area contributed by atoms with E-state index < -0.39 is 5.67 Å². The third kappa shape index (κ3) is 2.47. The van der Waals surface area contributed by atoms with Crippen molar-refractivity contribution in [2.75, 3.05) is 11.9 Å². The molecule has 0 unspecified atom stereocenters. The summed E-state index contributed by atoms with van der Waals surface area (Å²) in [5, 5.41) is 2.97. The lowest BCUT2D eigenvalue weighted by atomic mass is 10.0. The van der Waals surface area contributed by atoms with Gasteiger partial charge in [0.05, 0.1) is 12.2 Å². The van der Waals surface area contributed by atoms with Gasteiger partial charge in [-0.05, 0) is 24.5 Å². The van der Waals surface area contributed by atoms with E-state index in [1.54, 1.807) is 23.0 Å². The Kier molecular flexibility index (Phi) is 2.95. The predicted octanol–water partition coefficient (Wildman–Crippen LogP) is 3.17. The molecular weight excluding hydrogens is 324 g/mol. The van der Waals surface area contributed by atoms with Gasteiger partial charge in [0.2, 0.25) is 5.95 Å². The molecule has 126 valence electrons. The van der Waals surface area contributed by atoms with Crippen LogP contribution in [-0.4, -0.2) is 31.6 Å². The Morgan fingerprint density at radius 1 is 1.28 bits per heavy atom. The lowest BCUT2D eigenvalue weighted by molar-refractivity contribution is 0.326. The molecule has 3 heterocycles. The van der Waals surface area contributed by atoms with Gasteiger partial charge in [0, 0.05) is 42.3 Å². The van der Waals surface area contributed by atoms with Crippen LogP contribution in [0.1, 0.15) is 29.7 Å². The van der Waals surface area contributed by atoms with Crippen LogP contribution in [0.25, 0.3) is 11.2 Å². The molecule has 2 aliphatic carbocycles. The molecule has 3 aromatic heterocycles. The van der Waals surface area contributed by atoms with E-state index in [-0.39, 0.29) is 12.4 Å². The van der Waals surface area contributed by atoms with Crippen molar-refractivity contribution in [1.82, 2.24) is 19.4 Å². The summed E-state index contributed by atoms with van der Waals surface area (Å²) in [4.78, 5) is 12.8. The highest BCUT2D eigenvalue weighted by Crippen LogP contribution is 2.39. The molecule has 1 saturated carbocycles. The van der Waals surface area contributed by atoms with Crippen LogP contribution < -0.4 is 5.32 Å². The highest BCUT2D eigenvalue weighted by molar-refractivity contribution is 5.84. The summed E-state index contributed by atoms with van der Waals surface area (Å²) in [7, 11) is 0. The van der Waals surface area contributed by atoms with Crippen molar-refractivity contribution in [3.05, 3.63) is 59.6 Å². The van der Waals surface area contributed by atoms with Gasteiger partial charge in [-0.25, -0.2) is 23.7 Å². The first-order valence-corrected chi connectivity index (χ1v) is 8.23. The van der Waals surface area contributed by atoms with Gasteiger partial charge in [0.1, 0.15) is 5.67 Å². The first-order chi connectivity index (χ1) is 12.1. The summed E-state index contributed by atoms with van der Waals surface area (Å²) in [5.41, 5.74) is 2.61. The number of hydrogen-bond donors (Lipinski definition) is 1. The van der Waals surface area contributed by atoms with E-state index in [4.69, 9.17) is 0 Å². The van der Waals surface area contributed by atoms with Crippen LogP contribution in [0.2, 0.25) is 0 Å². The van der Waals surface area contributed by atoms with Gasteiger partial charge < -0.3 is 9.72 Å². The molecule has 0 amide bonds. The number of imidazole rings is 1. The number of pyridine rings is 1. The van der Waals surface area contributed by atoms with Crippen molar-refractivity contribution in [1.29, 1.82) is 0 Å². The van der Waals surface area contributed by atoms with E-state index in [2.05, 4.69) is 20.3 Å². The quantitative estimate of drug-likeness (QED) is 0.793. The number of allylic oxidation sites excluding steroid dienone is 1. The second-order valence-electron chi connectivity index (χ2n) is 6.62. The van der Waals surface area contributed by atoms with E-state index in [1.807, 2.05) is 12.3 Å². The maximum atomic E-state index is 14.2. The number of halogens is 2. The van der Waals surface area contributed by atoms with Crippen molar-refractivity contribution in [2.45, 2.75) is 24.9 Å². The van der Waals surface area contributed by atoms with Gasteiger partial charge in [0.15, 0.2) is 11.5 Å². The maximum absolute atomic E-state index is 14.2. The van der Waals surface area contributed by atoms with E-state index in [0.29, 0.717) is 30.9 Å². The molecule has 5 rings (SSSR count). The Morgan fingerprint density at radius 2 is 2.16 bits per heavy atom. The molecule has 0 spiro atoms. The largest absolute Gasteiger partial charge is 0.351 e. The molecular formula is C18H15F2N5. The fraction of sp³-hybridized carbons (Fsp3) is 0.278. The van der Waals surface area contributed by atoms with E-state index in [0.717, 1.165) is 22.4 Å². The van der Waals surface area contributed by atoms with Crippen molar-refractivity contribution in [2.24, 2.45) is 0 Å². The van der Waals surface area contributed by atoms with Gasteiger partial charge in [0.25, 0.3) is 0 Å². The molecule has 7 heteroatoms. The van der Waals surface area contributed by atoms with Gasteiger partial charge in [-0.3, -0.25) is 0 Å². The smallest absolute Gasteiger partial charge is 0.223 e. The topological polar surface area (TPSA) is 55.1 Å². The summed E-state index contributed by atoms with van der Waals surface area (Å²) in [6.45, 7) is 0.245. The third-order valence-corrected chi connectivity index (χ3v) is 4.77. The first-order valence-electron chi connectivity index (χ1n) is 8.23. The zero-order valence-electron chi connectivity index (χ0n) is 13.3. The summed E-state index contributed by atoms with van der Waals surface area (Å²) in [6.07, 6.45) is 10.7. The van der Waals surface area contributed by atoms with E-state index in [1.165, 1.54) is 6.07 Å². The maximum Gasteiger partial charge on any atom is 0.223 e. The average molecular weight is 339 g/mol. The molecule has 0 atom stereocenters. The molecule has 0 bridgehead atoms. The van der Waals surface area contributed by atoms with Crippen LogP contribution in [0, 0.1) is 5.82 Å². The van der Waals surface area contributed by atoms with Crippen molar-refractivity contribution >= 4 is 17.2 Å². The second-order valence-corrected chi connectivity index (χ2v) is 6.62. The summed E-state index contributed by atoms with van der Waals surface area (Å²) < 4.78 is 29.6. The number of anilines is 1. The normalized spacial score (nSPS) is 17.4. The zero-order valence-corrected chi connectivity index (χ0v) is 13.3. The molecule has 2 aliphatic rings. The van der Waals surface area contributed by atoms with Crippen LogP contribution in [0.4, 0.5) is 14.7 Å². The van der Waals surface area contributed by atoms with Gasteiger partial charge in [-0.2, -0.15) is 0 Å². The van der Waals surface area contributed by atoms with Crippen molar-refractivity contribution < 1.29 is 8.78 Å². The Hall–Kier alpha value is -2.83. The lowest BCUT2D eigenvalue weighted by Crippen LogP contribution is -2.17. The Balaban J connectivity index is 1.45. The standard InChI is InChI=1S/C18H15F2N5/c19-14-7-11(9-25-6-5-21-16(14)25)12-1-2-15-13(12)8-22-17(24-15)23-10-18(20)3-4-18/h1,5-9H,2-4,10H2,(H,22,23,24). The predicted molar refractivity (Wildman–Crippen MR) is 89.5 cm³/mol. The second kappa shape index (κ2) is 5.08. The number of nitrogens with one attached hydrogen (secondary N) is 1. The number of rotatable bonds is 4. The highest BCUT2D eigenvalue weighted by atomic mass is 19.1. The molecule has 0 saturated heterocycles. The van der Waals surface area contributed by atoms with Crippen molar-refractivity contribution in [3.63, 3.8) is 0 Å². The fourth-order valence-corrected chi connectivity index (χ4v) is 3.15. The molecule has 0 radical (unpaired) electrons. The molecule has 0 aromatic carbocycles. The molecule has 1 fully saturated rings. The Bertz CT molecular complexity index is 1020. The Labute approximate surface area is 142 Å².